The molecule has 0 aliphatic carbocycles. The fraction of sp³-hybridized carbons (Fsp3) is 0.312. The number of carbonyl (C=O) groups excluding carboxylic acids is 1. The normalized spacial score (nSPS) is 17.4. The second-order valence-electron chi connectivity index (χ2n) is 5.36. The molecule has 1 aromatic carbocycles. The zero-order chi connectivity index (χ0) is 15.5. The van der Waals surface area contributed by atoms with E-state index in [4.69, 9.17) is 0 Å². The number of amides is 1. The molecule has 1 fully saturated rings. The Balaban J connectivity index is 0.00000192. The molecule has 2 aromatic rings. The van der Waals surface area contributed by atoms with Crippen LogP contribution in [0.3, 0.4) is 0 Å². The van der Waals surface area contributed by atoms with Gasteiger partial charge in [0.1, 0.15) is 5.69 Å². The second-order valence-corrected chi connectivity index (χ2v) is 5.36. The average molecular weight is 335 g/mol. The molecule has 1 aromatic heterocycles. The Bertz CT molecular complexity index is 732. The number of nitrogens with one attached hydrogen (secondary N) is 1. The number of carbonyl (C=O) groups is 1. The topological polar surface area (TPSA) is 67.2 Å². The Morgan fingerprint density at radius 3 is 2.65 bits per heavy atom. The summed E-state index contributed by atoms with van der Waals surface area (Å²) in [5.41, 5.74) is 0.684. The van der Waals surface area contributed by atoms with Crippen LogP contribution in [0.5, 0.6) is 0 Å². The zero-order valence-electron chi connectivity index (χ0n) is 12.8. The number of nitrogens with zero attached hydrogens (tertiary/aromatic N) is 3. The standard InChI is InChI=1S/C16H18N4O2.ClH/c1-12-11-17-9-10-19(12)16(22)14-7-8-15(21)20(18-14)13-5-3-2-4-6-13;/h2-8,12,17H,9-11H2,1H3;1H/t12-;/m1./s1. The minimum absolute atomic E-state index is 0. The van der Waals surface area contributed by atoms with Crippen molar-refractivity contribution in [3.63, 3.8) is 0 Å². The molecular formula is C16H19ClN4O2. The Morgan fingerprint density at radius 2 is 1.96 bits per heavy atom. The Kier molecular flexibility index (Phi) is 5.52. The molecule has 0 spiro atoms. The maximum Gasteiger partial charge on any atom is 0.274 e. The molecule has 1 atom stereocenters. The van der Waals surface area contributed by atoms with Gasteiger partial charge in [-0.15, -0.1) is 12.4 Å². The van der Waals surface area contributed by atoms with Crippen LogP contribution in [0, 0.1) is 0 Å². The molecule has 7 heteroatoms. The maximum absolute atomic E-state index is 12.6. The van der Waals surface area contributed by atoms with E-state index in [0.717, 1.165) is 13.1 Å². The number of halogens is 1. The van der Waals surface area contributed by atoms with E-state index in [0.29, 0.717) is 12.2 Å². The van der Waals surface area contributed by atoms with Crippen LogP contribution in [0.2, 0.25) is 0 Å². The summed E-state index contributed by atoms with van der Waals surface area (Å²) in [6, 6.07) is 12.1. The minimum Gasteiger partial charge on any atom is -0.332 e. The smallest absolute Gasteiger partial charge is 0.274 e. The van der Waals surface area contributed by atoms with Crippen molar-refractivity contribution in [2.75, 3.05) is 19.6 Å². The Morgan fingerprint density at radius 1 is 1.22 bits per heavy atom. The monoisotopic (exact) mass is 334 g/mol. The van der Waals surface area contributed by atoms with E-state index in [1.807, 2.05) is 25.1 Å². The predicted molar refractivity (Wildman–Crippen MR) is 90.5 cm³/mol. The van der Waals surface area contributed by atoms with Crippen molar-refractivity contribution in [2.24, 2.45) is 0 Å². The third-order valence-corrected chi connectivity index (χ3v) is 3.78. The van der Waals surface area contributed by atoms with Gasteiger partial charge >= 0.3 is 0 Å². The van der Waals surface area contributed by atoms with Gasteiger partial charge in [-0.05, 0) is 25.1 Å². The summed E-state index contributed by atoms with van der Waals surface area (Å²) in [6.45, 7) is 4.18. The summed E-state index contributed by atoms with van der Waals surface area (Å²) in [4.78, 5) is 26.4. The lowest BCUT2D eigenvalue weighted by atomic mass is 10.2. The van der Waals surface area contributed by atoms with Crippen LogP contribution in [0.25, 0.3) is 5.69 Å². The molecule has 0 saturated carbocycles. The van der Waals surface area contributed by atoms with Gasteiger partial charge in [0.25, 0.3) is 11.5 Å². The van der Waals surface area contributed by atoms with E-state index in [-0.39, 0.29) is 35.6 Å². The van der Waals surface area contributed by atoms with Gasteiger partial charge in [0.2, 0.25) is 0 Å². The van der Waals surface area contributed by atoms with Gasteiger partial charge in [0, 0.05) is 31.7 Å². The largest absolute Gasteiger partial charge is 0.332 e. The van der Waals surface area contributed by atoms with Crippen molar-refractivity contribution in [2.45, 2.75) is 13.0 Å². The summed E-state index contributed by atoms with van der Waals surface area (Å²) >= 11 is 0. The molecule has 1 amide bonds. The zero-order valence-corrected chi connectivity index (χ0v) is 13.6. The van der Waals surface area contributed by atoms with Crippen LogP contribution in [-0.2, 0) is 0 Å². The third-order valence-electron chi connectivity index (χ3n) is 3.78. The first kappa shape index (κ1) is 17.2. The average Bonchev–Trinajstić information content (AvgIpc) is 2.56. The molecule has 2 heterocycles. The van der Waals surface area contributed by atoms with Gasteiger partial charge in [0.05, 0.1) is 5.69 Å². The molecule has 1 aliphatic rings. The number of aromatic nitrogens is 2. The summed E-state index contributed by atoms with van der Waals surface area (Å²) in [6.07, 6.45) is 0. The van der Waals surface area contributed by atoms with Crippen LogP contribution in [-0.4, -0.2) is 46.3 Å². The van der Waals surface area contributed by atoms with Crippen LogP contribution < -0.4 is 10.9 Å². The molecule has 23 heavy (non-hydrogen) atoms. The predicted octanol–water partition coefficient (Wildman–Crippen LogP) is 1.09. The minimum atomic E-state index is -0.254. The highest BCUT2D eigenvalue weighted by Crippen LogP contribution is 2.09. The van der Waals surface area contributed by atoms with Crippen LogP contribution in [0.1, 0.15) is 17.4 Å². The third kappa shape index (κ3) is 3.60. The Labute approximate surface area is 140 Å². The van der Waals surface area contributed by atoms with E-state index < -0.39 is 0 Å². The number of benzene rings is 1. The highest BCUT2D eigenvalue weighted by molar-refractivity contribution is 5.92. The van der Waals surface area contributed by atoms with Crippen molar-refractivity contribution >= 4 is 18.3 Å². The second kappa shape index (κ2) is 7.39. The van der Waals surface area contributed by atoms with Crippen LogP contribution in [0.15, 0.2) is 47.3 Å². The molecular weight excluding hydrogens is 316 g/mol. The maximum atomic E-state index is 12.6. The van der Waals surface area contributed by atoms with Gasteiger partial charge in [-0.25, -0.2) is 0 Å². The summed E-state index contributed by atoms with van der Waals surface area (Å²) in [5.74, 6) is -0.140. The molecule has 0 bridgehead atoms. The van der Waals surface area contributed by atoms with E-state index in [9.17, 15) is 9.59 Å². The first-order valence-electron chi connectivity index (χ1n) is 7.34. The van der Waals surface area contributed by atoms with Gasteiger partial charge in [-0.1, -0.05) is 18.2 Å². The number of hydrogen-bond acceptors (Lipinski definition) is 4. The van der Waals surface area contributed by atoms with Crippen molar-refractivity contribution in [3.8, 4) is 5.69 Å². The molecule has 122 valence electrons. The van der Waals surface area contributed by atoms with Gasteiger partial charge in [-0.3, -0.25) is 9.59 Å². The highest BCUT2D eigenvalue weighted by atomic mass is 35.5. The lowest BCUT2D eigenvalue weighted by Crippen LogP contribution is -2.52. The quantitative estimate of drug-likeness (QED) is 0.892. The van der Waals surface area contributed by atoms with Gasteiger partial charge in [0.15, 0.2) is 0 Å². The summed E-state index contributed by atoms with van der Waals surface area (Å²) < 4.78 is 1.26. The van der Waals surface area contributed by atoms with E-state index in [2.05, 4.69) is 10.4 Å². The fourth-order valence-corrected chi connectivity index (χ4v) is 2.57. The fourth-order valence-electron chi connectivity index (χ4n) is 2.57. The van der Waals surface area contributed by atoms with Gasteiger partial charge < -0.3 is 10.2 Å². The molecule has 3 rings (SSSR count). The van der Waals surface area contributed by atoms with E-state index in [1.54, 1.807) is 17.0 Å². The summed E-state index contributed by atoms with van der Waals surface area (Å²) in [5, 5.41) is 7.49. The van der Waals surface area contributed by atoms with Crippen LogP contribution >= 0.6 is 12.4 Å². The number of rotatable bonds is 2. The number of para-hydroxylation sites is 1. The van der Waals surface area contributed by atoms with E-state index >= 15 is 0 Å². The van der Waals surface area contributed by atoms with Gasteiger partial charge in [-0.2, -0.15) is 9.78 Å². The van der Waals surface area contributed by atoms with Crippen LogP contribution in [0.4, 0.5) is 0 Å². The molecule has 6 nitrogen and oxygen atoms in total. The Hall–Kier alpha value is -2.18. The first-order chi connectivity index (χ1) is 10.7. The molecule has 0 unspecified atom stereocenters. The van der Waals surface area contributed by atoms with Crippen molar-refractivity contribution in [1.29, 1.82) is 0 Å². The van der Waals surface area contributed by atoms with Crippen molar-refractivity contribution in [1.82, 2.24) is 20.0 Å². The van der Waals surface area contributed by atoms with Crippen molar-refractivity contribution < 1.29 is 4.79 Å². The summed E-state index contributed by atoms with van der Waals surface area (Å²) in [7, 11) is 0. The SMILES string of the molecule is C[C@@H]1CNCCN1C(=O)c1ccc(=O)n(-c2ccccc2)n1.Cl. The lowest BCUT2D eigenvalue weighted by molar-refractivity contribution is 0.0647. The van der Waals surface area contributed by atoms with Crippen molar-refractivity contribution in [3.05, 3.63) is 58.5 Å². The lowest BCUT2D eigenvalue weighted by Gasteiger charge is -2.33. The molecule has 1 saturated heterocycles. The number of hydrogen-bond donors (Lipinski definition) is 1. The number of piperazine rings is 1. The highest BCUT2D eigenvalue weighted by Gasteiger charge is 2.25. The van der Waals surface area contributed by atoms with E-state index in [1.165, 1.54) is 16.8 Å². The molecule has 0 radical (unpaired) electrons. The molecule has 1 aliphatic heterocycles. The molecule has 1 N–H and O–H groups in total. The first-order valence-corrected chi connectivity index (χ1v) is 7.34.